The molecular formula is C20H33N5O4. The van der Waals surface area contributed by atoms with E-state index in [-0.39, 0.29) is 11.5 Å². The van der Waals surface area contributed by atoms with Crippen LogP contribution in [0.5, 0.6) is 0 Å². The molecule has 0 aliphatic rings. The highest BCUT2D eigenvalue weighted by Crippen LogP contribution is 2.21. The molecule has 0 spiro atoms. The molecule has 8 N–H and O–H groups in total. The van der Waals surface area contributed by atoms with Crippen LogP contribution >= 0.6 is 0 Å². The fourth-order valence-electron chi connectivity index (χ4n) is 2.71. The van der Waals surface area contributed by atoms with Gasteiger partial charge in [-0.15, -0.1) is 0 Å². The molecule has 0 unspecified atom stereocenters. The van der Waals surface area contributed by atoms with Gasteiger partial charge in [0.2, 0.25) is 5.91 Å². The zero-order valence-corrected chi connectivity index (χ0v) is 17.2. The maximum absolute atomic E-state index is 12.6. The second-order valence-electron chi connectivity index (χ2n) is 6.87. The molecule has 0 fully saturated rings. The van der Waals surface area contributed by atoms with E-state index in [1.807, 2.05) is 6.92 Å². The van der Waals surface area contributed by atoms with Gasteiger partial charge in [-0.05, 0) is 50.4 Å². The van der Waals surface area contributed by atoms with Gasteiger partial charge in [0.25, 0.3) is 5.91 Å². The van der Waals surface area contributed by atoms with Gasteiger partial charge in [0.15, 0.2) is 0 Å². The highest BCUT2D eigenvalue weighted by atomic mass is 16.5. The number of nitrogens with two attached hydrogens (primary N) is 3. The number of benzene rings is 1. The van der Waals surface area contributed by atoms with Crippen molar-refractivity contribution < 1.29 is 19.1 Å². The molecule has 1 aromatic rings. The Morgan fingerprint density at radius 2 is 1.86 bits per heavy atom. The number of anilines is 2. The minimum atomic E-state index is -0.780. The zero-order valence-electron chi connectivity index (χ0n) is 17.2. The van der Waals surface area contributed by atoms with Crippen LogP contribution in [0.1, 0.15) is 55.8 Å². The van der Waals surface area contributed by atoms with Crippen molar-refractivity contribution in [3.63, 3.8) is 0 Å². The summed E-state index contributed by atoms with van der Waals surface area (Å²) in [5, 5.41) is 5.33. The van der Waals surface area contributed by atoms with Gasteiger partial charge in [-0.1, -0.05) is 19.8 Å². The molecule has 0 aliphatic carbocycles. The van der Waals surface area contributed by atoms with E-state index in [1.165, 1.54) is 25.3 Å². The summed E-state index contributed by atoms with van der Waals surface area (Å²) < 4.78 is 4.76. The highest BCUT2D eigenvalue weighted by molar-refractivity contribution is 6.01. The number of rotatable bonds is 12. The van der Waals surface area contributed by atoms with E-state index >= 15 is 0 Å². The van der Waals surface area contributed by atoms with E-state index in [1.54, 1.807) is 0 Å². The summed E-state index contributed by atoms with van der Waals surface area (Å²) in [4.78, 5) is 36.8. The summed E-state index contributed by atoms with van der Waals surface area (Å²) in [5.41, 5.74) is 18.1. The maximum atomic E-state index is 12.6. The number of carbonyl (C=O) groups is 3. The molecule has 0 bridgehead atoms. The minimum absolute atomic E-state index is 0.254. The number of carbonyl (C=O) groups excluding carboxylic acids is 3. The molecule has 0 heterocycles. The van der Waals surface area contributed by atoms with Crippen molar-refractivity contribution in [1.82, 2.24) is 5.32 Å². The van der Waals surface area contributed by atoms with Crippen molar-refractivity contribution >= 4 is 29.2 Å². The molecule has 0 saturated heterocycles. The maximum Gasteiger partial charge on any atom is 0.328 e. The molecule has 1 aromatic carbocycles. The predicted molar refractivity (Wildman–Crippen MR) is 113 cm³/mol. The number of unbranched alkanes of at least 4 members (excludes halogenated alkanes) is 2. The Bertz CT molecular complexity index is 695. The lowest BCUT2D eigenvalue weighted by Gasteiger charge is -2.17. The molecule has 1 rings (SSSR count). The lowest BCUT2D eigenvalue weighted by Crippen LogP contribution is -2.41. The first kappa shape index (κ1) is 24.4. The number of hydrogen-bond acceptors (Lipinski definition) is 7. The number of nitrogen functional groups attached to an aromatic ring is 1. The van der Waals surface area contributed by atoms with Crippen LogP contribution in [0.3, 0.4) is 0 Å². The SMILES string of the molecule is CCCC[C@H](N)C(=O)Nc1cc(C(=O)N[C@@H](CCCCN)C(=O)OC)ccc1N. The second kappa shape index (κ2) is 12.7. The summed E-state index contributed by atoms with van der Waals surface area (Å²) in [6.07, 6.45) is 4.17. The number of amides is 2. The van der Waals surface area contributed by atoms with Gasteiger partial charge >= 0.3 is 5.97 Å². The van der Waals surface area contributed by atoms with Crippen molar-refractivity contribution in [2.24, 2.45) is 11.5 Å². The molecule has 9 nitrogen and oxygen atoms in total. The van der Waals surface area contributed by atoms with Crippen molar-refractivity contribution in [3.05, 3.63) is 23.8 Å². The Labute approximate surface area is 171 Å². The average Bonchev–Trinajstić information content (AvgIpc) is 2.71. The number of nitrogens with one attached hydrogen (secondary N) is 2. The monoisotopic (exact) mass is 407 g/mol. The Morgan fingerprint density at radius 1 is 1.14 bits per heavy atom. The first-order chi connectivity index (χ1) is 13.8. The largest absolute Gasteiger partial charge is 0.467 e. The molecule has 9 heteroatoms. The van der Waals surface area contributed by atoms with Crippen LogP contribution < -0.4 is 27.8 Å². The fraction of sp³-hybridized carbons (Fsp3) is 0.550. The molecule has 2 atom stereocenters. The molecule has 0 aromatic heterocycles. The second-order valence-corrected chi connectivity index (χ2v) is 6.87. The van der Waals surface area contributed by atoms with Crippen LogP contribution in [0, 0.1) is 0 Å². The van der Waals surface area contributed by atoms with Gasteiger partial charge in [0.1, 0.15) is 6.04 Å². The molecule has 0 saturated carbocycles. The number of esters is 1. The molecule has 29 heavy (non-hydrogen) atoms. The molecule has 0 radical (unpaired) electrons. The van der Waals surface area contributed by atoms with E-state index in [2.05, 4.69) is 10.6 Å². The van der Waals surface area contributed by atoms with Crippen LogP contribution in [0.15, 0.2) is 18.2 Å². The van der Waals surface area contributed by atoms with E-state index < -0.39 is 24.0 Å². The smallest absolute Gasteiger partial charge is 0.328 e. The third-order valence-corrected chi connectivity index (χ3v) is 4.52. The van der Waals surface area contributed by atoms with Gasteiger partial charge in [-0.3, -0.25) is 9.59 Å². The van der Waals surface area contributed by atoms with Crippen LogP contribution in [0.25, 0.3) is 0 Å². The Morgan fingerprint density at radius 3 is 2.48 bits per heavy atom. The molecular weight excluding hydrogens is 374 g/mol. The lowest BCUT2D eigenvalue weighted by atomic mass is 10.1. The third kappa shape index (κ3) is 8.08. The van der Waals surface area contributed by atoms with E-state index in [9.17, 15) is 14.4 Å². The van der Waals surface area contributed by atoms with E-state index in [0.29, 0.717) is 37.2 Å². The quantitative estimate of drug-likeness (QED) is 0.197. The van der Waals surface area contributed by atoms with Gasteiger partial charge in [-0.2, -0.15) is 0 Å². The van der Waals surface area contributed by atoms with Crippen LogP contribution in [-0.2, 0) is 14.3 Å². The fourth-order valence-corrected chi connectivity index (χ4v) is 2.71. The van der Waals surface area contributed by atoms with Crippen LogP contribution in [0.2, 0.25) is 0 Å². The van der Waals surface area contributed by atoms with Crippen molar-refractivity contribution in [2.45, 2.75) is 57.5 Å². The minimum Gasteiger partial charge on any atom is -0.467 e. The summed E-state index contributed by atoms with van der Waals surface area (Å²) in [7, 11) is 1.27. The summed E-state index contributed by atoms with van der Waals surface area (Å²) in [6, 6.07) is 3.06. The van der Waals surface area contributed by atoms with Gasteiger partial charge < -0.3 is 32.6 Å². The standard InChI is InChI=1S/C20H33N5O4/c1-3-4-7-15(23)19(27)25-17-12-13(9-10-14(17)22)18(26)24-16(20(28)29-2)8-5-6-11-21/h9-10,12,15-16H,3-8,11,21-23H2,1-2H3,(H,24,26)(H,25,27)/t15-,16-/m0/s1. The summed E-state index contributed by atoms with van der Waals surface area (Å²) in [5.74, 6) is -1.36. The summed E-state index contributed by atoms with van der Waals surface area (Å²) >= 11 is 0. The van der Waals surface area contributed by atoms with Gasteiger partial charge in [0, 0.05) is 5.56 Å². The predicted octanol–water partition coefficient (Wildman–Crippen LogP) is 1.13. The van der Waals surface area contributed by atoms with Crippen molar-refractivity contribution in [1.29, 1.82) is 0 Å². The Hall–Kier alpha value is -2.65. The first-order valence-electron chi connectivity index (χ1n) is 9.88. The van der Waals surface area contributed by atoms with E-state index in [0.717, 1.165) is 19.3 Å². The first-order valence-corrected chi connectivity index (χ1v) is 9.88. The van der Waals surface area contributed by atoms with Crippen LogP contribution in [-0.4, -0.2) is 43.5 Å². The number of hydrogen-bond donors (Lipinski definition) is 5. The Balaban J connectivity index is 2.86. The van der Waals surface area contributed by atoms with Crippen molar-refractivity contribution in [3.8, 4) is 0 Å². The molecule has 162 valence electrons. The average molecular weight is 408 g/mol. The number of ether oxygens (including phenoxy) is 1. The zero-order chi connectivity index (χ0) is 21.8. The molecule has 2 amide bonds. The van der Waals surface area contributed by atoms with Crippen molar-refractivity contribution in [2.75, 3.05) is 24.7 Å². The third-order valence-electron chi connectivity index (χ3n) is 4.52. The summed E-state index contributed by atoms with van der Waals surface area (Å²) in [6.45, 7) is 2.52. The Kier molecular flexibility index (Phi) is 10.7. The number of methoxy groups -OCH3 is 1. The lowest BCUT2D eigenvalue weighted by molar-refractivity contribution is -0.143. The van der Waals surface area contributed by atoms with E-state index in [4.69, 9.17) is 21.9 Å². The molecule has 0 aliphatic heterocycles. The van der Waals surface area contributed by atoms with Gasteiger partial charge in [-0.25, -0.2) is 4.79 Å². The topological polar surface area (TPSA) is 163 Å². The highest BCUT2D eigenvalue weighted by Gasteiger charge is 2.22. The van der Waals surface area contributed by atoms with Crippen LogP contribution in [0.4, 0.5) is 11.4 Å². The van der Waals surface area contributed by atoms with Gasteiger partial charge in [0.05, 0.1) is 24.5 Å². The normalized spacial score (nSPS) is 12.7.